The summed E-state index contributed by atoms with van der Waals surface area (Å²) < 4.78 is 26.1. The van der Waals surface area contributed by atoms with Gasteiger partial charge in [-0.3, -0.25) is 17.4 Å². The summed E-state index contributed by atoms with van der Waals surface area (Å²) in [5, 5.41) is 12.8. The summed E-state index contributed by atoms with van der Waals surface area (Å²) in [6, 6.07) is 3.14. The van der Waals surface area contributed by atoms with E-state index in [4.69, 9.17) is 18.9 Å². The van der Waals surface area contributed by atoms with Gasteiger partial charge in [-0.1, -0.05) is 18.6 Å². The predicted molar refractivity (Wildman–Crippen MR) is 111 cm³/mol. The first-order chi connectivity index (χ1) is 14.0. The maximum absolute atomic E-state index is 13.0. The third-order valence-corrected chi connectivity index (χ3v) is 4.99. The van der Waals surface area contributed by atoms with E-state index in [-0.39, 0.29) is 36.1 Å². The molecule has 4 N–H and O–H groups in total. The number of pyridine rings is 2. The molecule has 9 heteroatoms. The Hall–Kier alpha value is -2.53. The van der Waals surface area contributed by atoms with Crippen LogP contribution in [0.4, 0.5) is 20.4 Å². The van der Waals surface area contributed by atoms with Gasteiger partial charge in [0, 0.05) is 30.2 Å². The number of nitrogens with one attached hydrogen (secondary N) is 1. The molecule has 1 fully saturated rings. The number of nitrogens with two attached hydrogens (primary N) is 1. The molecule has 1 saturated carbocycles. The van der Waals surface area contributed by atoms with Crippen LogP contribution in [-0.4, -0.2) is 33.0 Å². The summed E-state index contributed by atoms with van der Waals surface area (Å²) >= 11 is 0. The molecule has 2 aromatic heterocycles. The van der Waals surface area contributed by atoms with Gasteiger partial charge in [0.05, 0.1) is 11.3 Å². The van der Waals surface area contributed by atoms with Gasteiger partial charge in [0.1, 0.15) is 11.7 Å². The Morgan fingerprint density at radius 3 is 2.68 bits per heavy atom. The van der Waals surface area contributed by atoms with Crippen molar-refractivity contribution in [1.82, 2.24) is 9.97 Å². The molecular weight excluding hydrogens is 397 g/mol. The maximum Gasteiger partial charge on any atom is 1.00 e. The van der Waals surface area contributed by atoms with Crippen molar-refractivity contribution in [2.24, 2.45) is 5.92 Å². The van der Waals surface area contributed by atoms with Gasteiger partial charge < -0.3 is 16.2 Å². The second-order valence-electron chi connectivity index (χ2n) is 7.36. The van der Waals surface area contributed by atoms with Crippen LogP contribution >= 0.6 is 0 Å². The third-order valence-electron chi connectivity index (χ3n) is 4.99. The standard InChI is InChI=1S/C22H22F2N4O2.Li/c1-5-18(29)12(3)6-11(2)13(4)15-7-14-10-26-19(8-17(14)27-20(15)25)28-21(30)16-9-22(16,23)24;/h3-4,6-8,10,16,18,29H,5,9H2,1-2H3,(H2,25,27)(H,26,28,30);/q-2;+1/b11-6-;. The number of aliphatic hydroxyl groups is 1. The van der Waals surface area contributed by atoms with E-state index in [1.807, 2.05) is 0 Å². The minimum absolute atomic E-state index is 0. The number of anilines is 2. The maximum atomic E-state index is 13.0. The van der Waals surface area contributed by atoms with Crippen molar-refractivity contribution in [1.29, 1.82) is 0 Å². The summed E-state index contributed by atoms with van der Waals surface area (Å²) in [6.07, 6.45) is 2.27. The van der Waals surface area contributed by atoms with E-state index in [0.717, 1.165) is 0 Å². The smallest absolute Gasteiger partial charge is 0.393 e. The van der Waals surface area contributed by atoms with Crippen molar-refractivity contribution in [3.8, 4) is 0 Å². The van der Waals surface area contributed by atoms with E-state index in [9.17, 15) is 18.7 Å². The summed E-state index contributed by atoms with van der Waals surface area (Å²) in [6.45, 7) is 15.6. The number of hydrogen-bond acceptors (Lipinski definition) is 5. The molecule has 0 saturated heterocycles. The monoisotopic (exact) mass is 419 g/mol. The normalized spacial score (nSPS) is 18.1. The molecule has 0 aliphatic heterocycles. The number of alkyl halides is 2. The van der Waals surface area contributed by atoms with E-state index >= 15 is 0 Å². The van der Waals surface area contributed by atoms with E-state index < -0.39 is 30.3 Å². The number of nitrogen functional groups attached to an aromatic ring is 1. The second kappa shape index (κ2) is 9.31. The summed E-state index contributed by atoms with van der Waals surface area (Å²) in [4.78, 5) is 20.2. The molecule has 0 radical (unpaired) electrons. The van der Waals surface area contributed by atoms with Crippen LogP contribution in [0.3, 0.4) is 0 Å². The van der Waals surface area contributed by atoms with Crippen LogP contribution in [0.25, 0.3) is 16.5 Å². The molecule has 31 heavy (non-hydrogen) atoms. The Morgan fingerprint density at radius 2 is 2.10 bits per heavy atom. The fourth-order valence-electron chi connectivity index (χ4n) is 2.95. The molecule has 2 heterocycles. The zero-order valence-electron chi connectivity index (χ0n) is 17.6. The summed E-state index contributed by atoms with van der Waals surface area (Å²) in [7, 11) is 0. The second-order valence-corrected chi connectivity index (χ2v) is 7.36. The van der Waals surface area contributed by atoms with Crippen molar-refractivity contribution in [3.63, 3.8) is 0 Å². The van der Waals surface area contributed by atoms with Crippen LogP contribution in [0, 0.1) is 19.1 Å². The quantitative estimate of drug-likeness (QED) is 0.349. The number of amides is 1. The number of aromatic nitrogens is 2. The van der Waals surface area contributed by atoms with Gasteiger partial charge in [-0.15, -0.1) is 6.92 Å². The Bertz CT molecular complexity index is 1080. The molecular formula is C22H22F2LiN4O2-. The SMILES string of the molecule is [CH-]=C(/C(C)=C\C(=[CH-])C(O)CC)c1cc2cnc(NC(=O)C3CC3(F)F)cc2nc1N.[Li+]. The fraction of sp³-hybridized carbons (Fsp3) is 0.318. The predicted octanol–water partition coefficient (Wildman–Crippen LogP) is 0.703. The fourth-order valence-corrected chi connectivity index (χ4v) is 2.95. The molecule has 0 spiro atoms. The molecule has 1 aliphatic carbocycles. The van der Waals surface area contributed by atoms with Crippen LogP contribution in [0.2, 0.25) is 0 Å². The van der Waals surface area contributed by atoms with Crippen LogP contribution in [-0.2, 0) is 4.79 Å². The van der Waals surface area contributed by atoms with Crippen molar-refractivity contribution in [2.45, 2.75) is 38.7 Å². The van der Waals surface area contributed by atoms with E-state index in [1.54, 1.807) is 26.0 Å². The zero-order chi connectivity index (χ0) is 22.2. The minimum atomic E-state index is -2.95. The molecule has 1 amide bonds. The number of carbonyl (C=O) groups excluding carboxylic acids is 1. The van der Waals surface area contributed by atoms with Gasteiger partial charge in [-0.25, -0.2) is 42.0 Å². The largest absolute Gasteiger partial charge is 1.00 e. The number of nitrogens with zero attached hydrogens (tertiary/aromatic N) is 2. The average Bonchev–Trinajstić information content (AvgIpc) is 3.34. The number of allylic oxidation sites excluding steroid dienone is 2. The van der Waals surface area contributed by atoms with E-state index in [1.165, 1.54) is 12.3 Å². The number of halogens is 2. The van der Waals surface area contributed by atoms with Gasteiger partial charge in [-0.05, 0) is 6.42 Å². The molecule has 0 aromatic carbocycles. The molecule has 6 nitrogen and oxygen atoms in total. The molecule has 2 aromatic rings. The van der Waals surface area contributed by atoms with Crippen LogP contribution in [0.1, 0.15) is 32.3 Å². The Balaban J connectivity index is 0.00000341. The van der Waals surface area contributed by atoms with Crippen molar-refractivity contribution >= 4 is 34.0 Å². The van der Waals surface area contributed by atoms with Crippen molar-refractivity contribution in [2.75, 3.05) is 11.1 Å². The molecule has 3 rings (SSSR count). The first-order valence-corrected chi connectivity index (χ1v) is 9.40. The summed E-state index contributed by atoms with van der Waals surface area (Å²) in [5.74, 6) is -4.81. The Labute approximate surface area is 191 Å². The Morgan fingerprint density at radius 1 is 1.45 bits per heavy atom. The van der Waals surface area contributed by atoms with E-state index in [0.29, 0.717) is 34.0 Å². The molecule has 2 atom stereocenters. The molecule has 158 valence electrons. The zero-order valence-corrected chi connectivity index (χ0v) is 17.6. The number of carbonyl (C=O) groups is 1. The molecule has 1 aliphatic rings. The number of rotatable bonds is 7. The van der Waals surface area contributed by atoms with E-state index in [2.05, 4.69) is 15.3 Å². The van der Waals surface area contributed by atoms with Gasteiger partial charge in [0.25, 0.3) is 5.92 Å². The van der Waals surface area contributed by atoms with Crippen molar-refractivity contribution < 1.29 is 37.5 Å². The third kappa shape index (κ3) is 5.39. The Kier molecular flexibility index (Phi) is 7.43. The van der Waals surface area contributed by atoms with Crippen LogP contribution in [0.15, 0.2) is 35.6 Å². The summed E-state index contributed by atoms with van der Waals surface area (Å²) in [5.41, 5.74) is 8.17. The topological polar surface area (TPSA) is 101 Å². The molecule has 2 unspecified atom stereocenters. The average molecular weight is 419 g/mol. The van der Waals surface area contributed by atoms with Crippen LogP contribution in [0.5, 0.6) is 0 Å². The minimum Gasteiger partial charge on any atom is -0.393 e. The molecule has 0 bridgehead atoms. The first-order valence-electron chi connectivity index (χ1n) is 9.40. The van der Waals surface area contributed by atoms with Crippen LogP contribution < -0.4 is 29.9 Å². The van der Waals surface area contributed by atoms with Gasteiger partial charge in [0.2, 0.25) is 5.91 Å². The van der Waals surface area contributed by atoms with Gasteiger partial charge in [-0.2, -0.15) is 0 Å². The number of fused-ring (bicyclic) bond motifs is 1. The number of aliphatic hydroxyl groups excluding tert-OH is 1. The first kappa shape index (κ1) is 24.7. The van der Waals surface area contributed by atoms with Crippen molar-refractivity contribution in [3.05, 3.63) is 54.3 Å². The van der Waals surface area contributed by atoms with Gasteiger partial charge >= 0.3 is 18.9 Å². The van der Waals surface area contributed by atoms with Gasteiger partial charge in [0.15, 0.2) is 0 Å². The number of hydrogen-bond donors (Lipinski definition) is 3.